The van der Waals surface area contributed by atoms with Crippen molar-refractivity contribution in [3.05, 3.63) is 23.3 Å². The molecular weight excluding hydrogens is 216 g/mol. The number of hydrogen-bond donors (Lipinski definition) is 0. The Bertz CT molecular complexity index is 496. The van der Waals surface area contributed by atoms with Gasteiger partial charge in [-0.2, -0.15) is 0 Å². The number of carbonyl (C=O) groups is 1. The summed E-state index contributed by atoms with van der Waals surface area (Å²) < 4.78 is 5.66. The molecule has 0 bridgehead atoms. The number of carbonyl (C=O) groups excluding carboxylic acids is 1. The van der Waals surface area contributed by atoms with Crippen LogP contribution in [0.5, 0.6) is 5.75 Å². The van der Waals surface area contributed by atoms with Gasteiger partial charge in [-0.1, -0.05) is 0 Å². The fraction of sp³-hybridized carbons (Fsp3) is 0.385. The summed E-state index contributed by atoms with van der Waals surface area (Å²) in [5.41, 5.74) is 2.80. The second kappa shape index (κ2) is 3.87. The van der Waals surface area contributed by atoms with Crippen molar-refractivity contribution in [3.63, 3.8) is 0 Å². The van der Waals surface area contributed by atoms with Gasteiger partial charge in [-0.05, 0) is 19.1 Å². The molecule has 0 N–H and O–H groups in total. The van der Waals surface area contributed by atoms with Crippen LogP contribution in [-0.4, -0.2) is 31.8 Å². The zero-order chi connectivity index (χ0) is 11.8. The second-order valence-electron chi connectivity index (χ2n) is 4.46. The van der Waals surface area contributed by atoms with Gasteiger partial charge in [-0.15, -0.1) is 0 Å². The summed E-state index contributed by atoms with van der Waals surface area (Å²) in [6, 6.07) is 4.13. The van der Waals surface area contributed by atoms with Crippen LogP contribution in [0.3, 0.4) is 0 Å². The van der Waals surface area contributed by atoms with E-state index >= 15 is 0 Å². The van der Waals surface area contributed by atoms with Crippen molar-refractivity contribution in [1.82, 2.24) is 0 Å². The molecule has 0 saturated heterocycles. The smallest absolute Gasteiger partial charge is 0.150 e. The summed E-state index contributed by atoms with van der Waals surface area (Å²) in [5, 5.41) is 0. The van der Waals surface area contributed by atoms with Crippen molar-refractivity contribution in [1.29, 1.82) is 0 Å². The Kier molecular flexibility index (Phi) is 2.35. The lowest BCUT2D eigenvalue weighted by Gasteiger charge is -2.18. The molecule has 0 spiro atoms. The lowest BCUT2D eigenvalue weighted by Crippen LogP contribution is -2.21. The molecule has 88 valence electrons. The van der Waals surface area contributed by atoms with Crippen molar-refractivity contribution < 1.29 is 9.53 Å². The number of benzene rings is 1. The van der Waals surface area contributed by atoms with Gasteiger partial charge in [0.25, 0.3) is 0 Å². The van der Waals surface area contributed by atoms with E-state index in [4.69, 9.17) is 4.74 Å². The van der Waals surface area contributed by atoms with E-state index in [2.05, 4.69) is 16.8 Å². The van der Waals surface area contributed by atoms with Crippen molar-refractivity contribution in [2.45, 2.75) is 19.4 Å². The van der Waals surface area contributed by atoms with Crippen LogP contribution in [0.15, 0.2) is 17.1 Å². The maximum atomic E-state index is 11.0. The highest BCUT2D eigenvalue weighted by Gasteiger charge is 2.24. The first-order valence-corrected chi connectivity index (χ1v) is 5.83. The minimum Gasteiger partial charge on any atom is -0.491 e. The highest BCUT2D eigenvalue weighted by Crippen LogP contribution is 2.38. The molecule has 0 amide bonds. The first-order chi connectivity index (χ1) is 8.29. The van der Waals surface area contributed by atoms with Gasteiger partial charge in [0.15, 0.2) is 0 Å². The van der Waals surface area contributed by atoms with Gasteiger partial charge in [0.2, 0.25) is 0 Å². The van der Waals surface area contributed by atoms with E-state index in [-0.39, 0.29) is 0 Å². The third-order valence-corrected chi connectivity index (χ3v) is 3.23. The standard InChI is InChI=1S/C13H14N2O2/c1-9-6-15(8-14-9)12-3-2-10(7-16)11-4-5-17-13(11)12/h2-3,7-9H,4-6H2,1H3. The van der Waals surface area contributed by atoms with E-state index in [1.54, 1.807) is 0 Å². The largest absolute Gasteiger partial charge is 0.491 e. The Morgan fingerprint density at radius 1 is 1.53 bits per heavy atom. The molecule has 1 aromatic carbocycles. The molecule has 3 rings (SSSR count). The number of hydrogen-bond acceptors (Lipinski definition) is 4. The Balaban J connectivity index is 2.04. The van der Waals surface area contributed by atoms with Crippen LogP contribution >= 0.6 is 0 Å². The number of fused-ring (bicyclic) bond motifs is 1. The average molecular weight is 230 g/mol. The minimum absolute atomic E-state index is 0.317. The molecule has 4 nitrogen and oxygen atoms in total. The van der Waals surface area contributed by atoms with E-state index in [9.17, 15) is 4.79 Å². The average Bonchev–Trinajstić information content (AvgIpc) is 2.96. The molecule has 17 heavy (non-hydrogen) atoms. The molecule has 1 atom stereocenters. The quantitative estimate of drug-likeness (QED) is 0.726. The van der Waals surface area contributed by atoms with Crippen LogP contribution in [0, 0.1) is 0 Å². The lowest BCUT2D eigenvalue weighted by atomic mass is 10.0. The second-order valence-corrected chi connectivity index (χ2v) is 4.46. The molecule has 4 heteroatoms. The molecule has 0 saturated carbocycles. The Labute approximate surface area is 99.9 Å². The van der Waals surface area contributed by atoms with Crippen LogP contribution in [0.1, 0.15) is 22.8 Å². The zero-order valence-electron chi connectivity index (χ0n) is 9.72. The van der Waals surface area contributed by atoms with Gasteiger partial charge in [-0.3, -0.25) is 9.79 Å². The topological polar surface area (TPSA) is 41.9 Å². The highest BCUT2D eigenvalue weighted by molar-refractivity contribution is 5.88. The molecule has 0 aromatic heterocycles. The third kappa shape index (κ3) is 1.60. The molecule has 2 heterocycles. The summed E-state index contributed by atoms with van der Waals surface area (Å²) in [5.74, 6) is 0.857. The van der Waals surface area contributed by atoms with Crippen molar-refractivity contribution in [3.8, 4) is 5.75 Å². The fourth-order valence-electron chi connectivity index (χ4n) is 2.38. The maximum absolute atomic E-state index is 11.0. The number of aliphatic imine (C=N–C) groups is 1. The predicted octanol–water partition coefficient (Wildman–Crippen LogP) is 1.67. The van der Waals surface area contributed by atoms with E-state index in [0.29, 0.717) is 12.6 Å². The van der Waals surface area contributed by atoms with Gasteiger partial charge in [0.05, 0.1) is 24.7 Å². The molecule has 1 unspecified atom stereocenters. The fourth-order valence-corrected chi connectivity index (χ4v) is 2.38. The van der Waals surface area contributed by atoms with Gasteiger partial charge < -0.3 is 9.64 Å². The normalized spacial score (nSPS) is 21.5. The number of nitrogens with zero attached hydrogens (tertiary/aromatic N) is 2. The van der Waals surface area contributed by atoms with Crippen LogP contribution in [-0.2, 0) is 6.42 Å². The van der Waals surface area contributed by atoms with Gasteiger partial charge >= 0.3 is 0 Å². The van der Waals surface area contributed by atoms with Gasteiger partial charge in [0.1, 0.15) is 12.0 Å². The third-order valence-electron chi connectivity index (χ3n) is 3.23. The molecule has 0 fully saturated rings. The summed E-state index contributed by atoms with van der Waals surface area (Å²) >= 11 is 0. The Morgan fingerprint density at radius 3 is 3.12 bits per heavy atom. The molecule has 1 aromatic rings. The van der Waals surface area contributed by atoms with E-state index < -0.39 is 0 Å². The van der Waals surface area contributed by atoms with E-state index in [1.165, 1.54) is 0 Å². The Morgan fingerprint density at radius 2 is 2.41 bits per heavy atom. The monoisotopic (exact) mass is 230 g/mol. The summed E-state index contributed by atoms with van der Waals surface area (Å²) in [7, 11) is 0. The van der Waals surface area contributed by atoms with Gasteiger partial charge in [-0.25, -0.2) is 0 Å². The number of aldehydes is 1. The molecule has 0 aliphatic carbocycles. The number of anilines is 1. The van der Waals surface area contributed by atoms with Crippen LogP contribution in [0.2, 0.25) is 0 Å². The first-order valence-electron chi connectivity index (χ1n) is 5.83. The SMILES string of the molecule is CC1CN(c2ccc(C=O)c3c2OCC3)C=N1. The van der Waals surface area contributed by atoms with Crippen LogP contribution < -0.4 is 9.64 Å². The summed E-state index contributed by atoms with van der Waals surface area (Å²) in [4.78, 5) is 17.4. The summed E-state index contributed by atoms with van der Waals surface area (Å²) in [6.07, 6.45) is 3.57. The summed E-state index contributed by atoms with van der Waals surface area (Å²) in [6.45, 7) is 3.61. The zero-order valence-corrected chi connectivity index (χ0v) is 9.72. The number of ether oxygens (including phenoxy) is 1. The first kappa shape index (κ1) is 10.3. The Hall–Kier alpha value is -1.84. The predicted molar refractivity (Wildman–Crippen MR) is 66.3 cm³/mol. The van der Waals surface area contributed by atoms with Crippen molar-refractivity contribution in [2.75, 3.05) is 18.1 Å². The molecule has 2 aliphatic rings. The molecule has 0 radical (unpaired) electrons. The minimum atomic E-state index is 0.317. The van der Waals surface area contributed by atoms with Crippen LogP contribution in [0.25, 0.3) is 0 Å². The maximum Gasteiger partial charge on any atom is 0.150 e. The molecule has 2 aliphatic heterocycles. The van der Waals surface area contributed by atoms with Crippen molar-refractivity contribution in [2.24, 2.45) is 4.99 Å². The lowest BCUT2D eigenvalue weighted by molar-refractivity contribution is 0.112. The highest BCUT2D eigenvalue weighted by atomic mass is 16.5. The van der Waals surface area contributed by atoms with E-state index in [1.807, 2.05) is 18.5 Å². The molecular formula is C13H14N2O2. The van der Waals surface area contributed by atoms with Crippen molar-refractivity contribution >= 4 is 18.3 Å². The van der Waals surface area contributed by atoms with E-state index in [0.717, 1.165) is 41.8 Å². The number of rotatable bonds is 2. The van der Waals surface area contributed by atoms with Crippen LogP contribution in [0.4, 0.5) is 5.69 Å². The van der Waals surface area contributed by atoms with Gasteiger partial charge in [0, 0.05) is 24.1 Å².